The number of anilines is 1. The second-order valence-corrected chi connectivity index (χ2v) is 9.76. The van der Waals surface area contributed by atoms with Crippen LogP contribution in [0.4, 0.5) is 18.9 Å². The number of hydrogen-bond acceptors (Lipinski definition) is 4. The van der Waals surface area contributed by atoms with Crippen LogP contribution in [0.2, 0.25) is 0 Å². The molecule has 0 bridgehead atoms. The summed E-state index contributed by atoms with van der Waals surface area (Å²) < 4.78 is 41.5. The standard InChI is InChI=1S/C26H22F3N3O2S/c1-15-7-6-8-16(13-15)23-31-24-22(17-9-2-5-12-20(17)35-24)25(34)32(23)14-21(33)30-19-11-4-3-10-18(19)26(27,28)29/h3-4,6-8,10-11,13H,2,5,9,12,14H2,1H3,(H,30,33). The number of alkyl halides is 3. The van der Waals surface area contributed by atoms with Gasteiger partial charge in [0.25, 0.3) is 5.56 Å². The number of fused-ring (bicyclic) bond motifs is 3. The van der Waals surface area contributed by atoms with E-state index in [1.54, 1.807) is 0 Å². The highest BCUT2D eigenvalue weighted by Crippen LogP contribution is 2.36. The third kappa shape index (κ3) is 4.48. The van der Waals surface area contributed by atoms with E-state index in [1.807, 2.05) is 31.2 Å². The van der Waals surface area contributed by atoms with Gasteiger partial charge in [-0.15, -0.1) is 11.3 Å². The molecule has 0 fully saturated rings. The predicted octanol–water partition coefficient (Wildman–Crippen LogP) is 5.97. The van der Waals surface area contributed by atoms with E-state index in [9.17, 15) is 22.8 Å². The Morgan fingerprint density at radius 2 is 1.89 bits per heavy atom. The molecule has 5 nitrogen and oxygen atoms in total. The van der Waals surface area contributed by atoms with Gasteiger partial charge in [0.05, 0.1) is 16.6 Å². The summed E-state index contributed by atoms with van der Waals surface area (Å²) in [5.74, 6) is -0.410. The topological polar surface area (TPSA) is 64.0 Å². The second-order valence-electron chi connectivity index (χ2n) is 8.68. The summed E-state index contributed by atoms with van der Waals surface area (Å²) in [7, 11) is 0. The van der Waals surface area contributed by atoms with Crippen molar-refractivity contribution in [2.24, 2.45) is 0 Å². The molecule has 4 aromatic rings. The molecular weight excluding hydrogens is 475 g/mol. The molecule has 1 amide bonds. The van der Waals surface area contributed by atoms with Crippen LogP contribution in [0, 0.1) is 6.92 Å². The van der Waals surface area contributed by atoms with Crippen LogP contribution in [-0.2, 0) is 30.4 Å². The molecule has 2 aromatic heterocycles. The summed E-state index contributed by atoms with van der Waals surface area (Å²) in [6.07, 6.45) is -0.915. The Labute approximate surface area is 203 Å². The van der Waals surface area contributed by atoms with Gasteiger partial charge in [-0.25, -0.2) is 4.98 Å². The van der Waals surface area contributed by atoms with Crippen LogP contribution < -0.4 is 10.9 Å². The summed E-state index contributed by atoms with van der Waals surface area (Å²) in [6, 6.07) is 12.2. The Morgan fingerprint density at radius 1 is 1.11 bits per heavy atom. The Bertz CT molecular complexity index is 1500. The quantitative estimate of drug-likeness (QED) is 0.378. The van der Waals surface area contributed by atoms with Gasteiger partial charge in [0.2, 0.25) is 5.91 Å². The number of para-hydroxylation sites is 1. The molecule has 0 aliphatic heterocycles. The van der Waals surface area contributed by atoms with Gasteiger partial charge >= 0.3 is 6.18 Å². The SMILES string of the molecule is Cc1cccc(-c2nc3sc4c(c3c(=O)n2CC(=O)Nc2ccccc2C(F)(F)F)CCCC4)c1. The van der Waals surface area contributed by atoms with E-state index >= 15 is 0 Å². The molecule has 0 radical (unpaired) electrons. The van der Waals surface area contributed by atoms with Crippen molar-refractivity contribution in [3.05, 3.63) is 80.5 Å². The highest BCUT2D eigenvalue weighted by Gasteiger charge is 2.33. The second kappa shape index (κ2) is 8.96. The van der Waals surface area contributed by atoms with Crippen molar-refractivity contribution in [2.75, 3.05) is 5.32 Å². The summed E-state index contributed by atoms with van der Waals surface area (Å²) in [6.45, 7) is 1.46. The number of benzene rings is 2. The van der Waals surface area contributed by atoms with E-state index in [4.69, 9.17) is 4.98 Å². The molecule has 0 unspecified atom stereocenters. The molecular formula is C26H22F3N3O2S. The maximum atomic E-state index is 13.7. The molecule has 1 N–H and O–H groups in total. The first-order chi connectivity index (χ1) is 16.7. The van der Waals surface area contributed by atoms with Crippen molar-refractivity contribution >= 4 is 33.1 Å². The van der Waals surface area contributed by atoms with Gasteiger partial charge in [0, 0.05) is 10.4 Å². The van der Waals surface area contributed by atoms with Gasteiger partial charge in [-0.3, -0.25) is 14.2 Å². The van der Waals surface area contributed by atoms with Gasteiger partial charge < -0.3 is 5.32 Å². The van der Waals surface area contributed by atoms with Gasteiger partial charge in [-0.2, -0.15) is 13.2 Å². The van der Waals surface area contributed by atoms with E-state index in [0.29, 0.717) is 21.6 Å². The number of nitrogens with one attached hydrogen (secondary N) is 1. The molecule has 2 heterocycles. The van der Waals surface area contributed by atoms with Crippen LogP contribution >= 0.6 is 11.3 Å². The van der Waals surface area contributed by atoms with Crippen LogP contribution in [0.1, 0.15) is 34.4 Å². The first-order valence-corrected chi connectivity index (χ1v) is 12.1. The summed E-state index contributed by atoms with van der Waals surface area (Å²) in [5, 5.41) is 2.86. The van der Waals surface area contributed by atoms with E-state index in [0.717, 1.165) is 47.8 Å². The minimum atomic E-state index is -4.62. The first-order valence-electron chi connectivity index (χ1n) is 11.3. The molecule has 1 aliphatic rings. The maximum Gasteiger partial charge on any atom is 0.418 e. The lowest BCUT2D eigenvalue weighted by molar-refractivity contribution is -0.137. The van der Waals surface area contributed by atoms with Crippen LogP contribution in [0.3, 0.4) is 0 Å². The summed E-state index contributed by atoms with van der Waals surface area (Å²) >= 11 is 1.51. The fraction of sp³-hybridized carbons (Fsp3) is 0.269. The minimum absolute atomic E-state index is 0.323. The minimum Gasteiger partial charge on any atom is -0.324 e. The number of thiophene rings is 1. The van der Waals surface area contributed by atoms with Gasteiger partial charge in [-0.05, 0) is 56.4 Å². The number of carbonyl (C=O) groups is 1. The third-order valence-electron chi connectivity index (χ3n) is 6.16. The monoisotopic (exact) mass is 497 g/mol. The van der Waals surface area contributed by atoms with Crippen molar-refractivity contribution in [3.63, 3.8) is 0 Å². The van der Waals surface area contributed by atoms with Crippen LogP contribution in [0.25, 0.3) is 21.6 Å². The number of aromatic nitrogens is 2. The van der Waals surface area contributed by atoms with Gasteiger partial charge in [0.15, 0.2) is 0 Å². The molecule has 0 spiro atoms. The number of nitrogens with zero attached hydrogens (tertiary/aromatic N) is 2. The zero-order valence-corrected chi connectivity index (χ0v) is 19.7. The molecule has 2 aromatic carbocycles. The van der Waals surface area contributed by atoms with Gasteiger partial charge in [-0.1, -0.05) is 35.9 Å². The van der Waals surface area contributed by atoms with E-state index < -0.39 is 24.2 Å². The van der Waals surface area contributed by atoms with Crippen molar-refractivity contribution in [1.82, 2.24) is 9.55 Å². The van der Waals surface area contributed by atoms with Gasteiger partial charge in [0.1, 0.15) is 17.2 Å². The zero-order chi connectivity index (χ0) is 24.7. The lowest BCUT2D eigenvalue weighted by Crippen LogP contribution is -2.30. The summed E-state index contributed by atoms with van der Waals surface area (Å²) in [5.41, 5.74) is 0.972. The molecule has 1 aliphatic carbocycles. The number of rotatable bonds is 4. The average molecular weight is 498 g/mol. The average Bonchev–Trinajstić information content (AvgIpc) is 3.19. The number of halogens is 3. The Hall–Kier alpha value is -3.46. The Kier molecular flexibility index (Phi) is 5.96. The van der Waals surface area contributed by atoms with E-state index in [-0.39, 0.29) is 11.2 Å². The molecule has 35 heavy (non-hydrogen) atoms. The maximum absolute atomic E-state index is 13.7. The summed E-state index contributed by atoms with van der Waals surface area (Å²) in [4.78, 5) is 33.3. The third-order valence-corrected chi connectivity index (χ3v) is 7.35. The van der Waals surface area contributed by atoms with E-state index in [2.05, 4.69) is 5.32 Å². The molecule has 0 saturated carbocycles. The smallest absolute Gasteiger partial charge is 0.324 e. The highest BCUT2D eigenvalue weighted by molar-refractivity contribution is 7.18. The van der Waals surface area contributed by atoms with Crippen molar-refractivity contribution in [2.45, 2.75) is 45.3 Å². The van der Waals surface area contributed by atoms with E-state index in [1.165, 1.54) is 34.1 Å². The lowest BCUT2D eigenvalue weighted by atomic mass is 9.97. The number of hydrogen-bond donors (Lipinski definition) is 1. The molecule has 0 atom stereocenters. The fourth-order valence-corrected chi connectivity index (χ4v) is 5.81. The largest absolute Gasteiger partial charge is 0.418 e. The fourth-order valence-electron chi connectivity index (χ4n) is 4.56. The lowest BCUT2D eigenvalue weighted by Gasteiger charge is -2.16. The highest BCUT2D eigenvalue weighted by atomic mass is 32.1. The number of aryl methyl sites for hydroxylation is 3. The van der Waals surface area contributed by atoms with Crippen molar-refractivity contribution in [3.8, 4) is 11.4 Å². The Morgan fingerprint density at radius 3 is 2.66 bits per heavy atom. The molecule has 0 saturated heterocycles. The van der Waals surface area contributed by atoms with Crippen LogP contribution in [-0.4, -0.2) is 15.5 Å². The predicted molar refractivity (Wildman–Crippen MR) is 131 cm³/mol. The first kappa shape index (κ1) is 23.3. The van der Waals surface area contributed by atoms with Crippen LogP contribution in [0.15, 0.2) is 53.3 Å². The zero-order valence-electron chi connectivity index (χ0n) is 18.9. The normalized spacial score (nSPS) is 13.6. The van der Waals surface area contributed by atoms with Crippen molar-refractivity contribution in [1.29, 1.82) is 0 Å². The molecule has 5 rings (SSSR count). The molecule has 9 heteroatoms. The number of amides is 1. The van der Waals surface area contributed by atoms with Crippen molar-refractivity contribution < 1.29 is 18.0 Å². The Balaban J connectivity index is 1.61. The molecule has 180 valence electrons. The van der Waals surface area contributed by atoms with Crippen LogP contribution in [0.5, 0.6) is 0 Å². The number of carbonyl (C=O) groups excluding carboxylic acids is 1.